The van der Waals surface area contributed by atoms with Crippen molar-refractivity contribution in [2.75, 3.05) is 6.54 Å². The molecule has 0 unspecified atom stereocenters. The highest BCUT2D eigenvalue weighted by atomic mass is 16.6. The minimum atomic E-state index is -0.613. The molecule has 0 spiro atoms. The number of H-pyrrole nitrogens is 1. The maximum atomic E-state index is 11.5. The largest absolute Gasteiger partial charge is 0.389 e. The molecule has 0 bridgehead atoms. The maximum absolute atomic E-state index is 11.5. The normalized spacial score (nSPS) is 10.3. The first-order valence-corrected chi connectivity index (χ1v) is 5.44. The third-order valence-electron chi connectivity index (χ3n) is 2.27. The van der Waals surface area contributed by atoms with Gasteiger partial charge in [0, 0.05) is 13.0 Å². The summed E-state index contributed by atoms with van der Waals surface area (Å²) in [7, 11) is 0. The van der Waals surface area contributed by atoms with E-state index in [9.17, 15) is 14.9 Å². The fourth-order valence-corrected chi connectivity index (χ4v) is 1.41. The summed E-state index contributed by atoms with van der Waals surface area (Å²) < 4.78 is 1.21. The van der Waals surface area contributed by atoms with Crippen molar-refractivity contribution in [2.24, 2.45) is 0 Å². The standard InChI is InChI=1S/C9H11N7O3/c17-9(10-3-1-7-11-6-12-13-7)5-15-4-2-8(14-15)16(18)19/h2,4,6H,1,3,5H2,(H,10,17)(H,11,12,13). The SMILES string of the molecule is O=C(Cn1ccc([N+](=O)[O-])n1)NCCc1ncn[nH]1. The number of hydrogen-bond donors (Lipinski definition) is 2. The summed E-state index contributed by atoms with van der Waals surface area (Å²) in [5, 5.41) is 23.1. The summed E-state index contributed by atoms with van der Waals surface area (Å²) in [6, 6.07) is 1.24. The first-order valence-electron chi connectivity index (χ1n) is 5.44. The van der Waals surface area contributed by atoms with E-state index in [0.717, 1.165) is 0 Å². The van der Waals surface area contributed by atoms with Crippen LogP contribution in [0.5, 0.6) is 0 Å². The van der Waals surface area contributed by atoms with Gasteiger partial charge in [-0.15, -0.1) is 0 Å². The van der Waals surface area contributed by atoms with Crippen molar-refractivity contribution in [3.05, 3.63) is 34.5 Å². The molecule has 0 fully saturated rings. The summed E-state index contributed by atoms with van der Waals surface area (Å²) in [6.45, 7) is 0.335. The van der Waals surface area contributed by atoms with Crippen LogP contribution < -0.4 is 5.32 Å². The van der Waals surface area contributed by atoms with Gasteiger partial charge in [0.1, 0.15) is 18.7 Å². The Morgan fingerprint density at radius 1 is 1.58 bits per heavy atom. The highest BCUT2D eigenvalue weighted by molar-refractivity contribution is 5.75. The molecular weight excluding hydrogens is 254 g/mol. The molecule has 0 aliphatic heterocycles. The van der Waals surface area contributed by atoms with E-state index < -0.39 is 4.92 Å². The predicted octanol–water partition coefficient (Wildman–Crippen LogP) is -0.732. The molecule has 0 aliphatic carbocycles. The number of carbonyl (C=O) groups is 1. The summed E-state index contributed by atoms with van der Waals surface area (Å²) in [4.78, 5) is 25.2. The molecule has 0 radical (unpaired) electrons. The van der Waals surface area contributed by atoms with E-state index in [-0.39, 0.29) is 18.3 Å². The van der Waals surface area contributed by atoms with Crippen LogP contribution in [0.25, 0.3) is 0 Å². The van der Waals surface area contributed by atoms with Gasteiger partial charge in [-0.2, -0.15) is 9.78 Å². The molecule has 2 N–H and O–H groups in total. The van der Waals surface area contributed by atoms with Crippen molar-refractivity contribution in [3.63, 3.8) is 0 Å². The Morgan fingerprint density at radius 3 is 3.05 bits per heavy atom. The number of amides is 1. The molecule has 0 saturated carbocycles. The van der Waals surface area contributed by atoms with Crippen LogP contribution in [0.4, 0.5) is 5.82 Å². The number of nitrogens with zero attached hydrogens (tertiary/aromatic N) is 5. The molecule has 19 heavy (non-hydrogen) atoms. The van der Waals surface area contributed by atoms with Crippen molar-refractivity contribution in [1.82, 2.24) is 30.3 Å². The highest BCUT2D eigenvalue weighted by Gasteiger charge is 2.13. The maximum Gasteiger partial charge on any atom is 0.389 e. The number of nitrogens with one attached hydrogen (secondary N) is 2. The number of aromatic nitrogens is 5. The molecule has 0 atom stereocenters. The van der Waals surface area contributed by atoms with E-state index in [0.29, 0.717) is 18.8 Å². The van der Waals surface area contributed by atoms with Crippen LogP contribution >= 0.6 is 0 Å². The summed E-state index contributed by atoms with van der Waals surface area (Å²) in [6.07, 6.45) is 3.30. The van der Waals surface area contributed by atoms with Gasteiger partial charge in [0.2, 0.25) is 5.91 Å². The van der Waals surface area contributed by atoms with Crippen LogP contribution in [-0.2, 0) is 17.8 Å². The second kappa shape index (κ2) is 5.71. The van der Waals surface area contributed by atoms with Gasteiger partial charge < -0.3 is 15.4 Å². The Balaban J connectivity index is 1.75. The van der Waals surface area contributed by atoms with Crippen LogP contribution in [0.2, 0.25) is 0 Å². The zero-order chi connectivity index (χ0) is 13.7. The van der Waals surface area contributed by atoms with E-state index in [1.807, 2.05) is 0 Å². The highest BCUT2D eigenvalue weighted by Crippen LogP contribution is 2.04. The zero-order valence-corrected chi connectivity index (χ0v) is 9.81. The first kappa shape index (κ1) is 12.7. The number of aromatic amines is 1. The van der Waals surface area contributed by atoms with E-state index in [1.54, 1.807) is 0 Å². The van der Waals surface area contributed by atoms with E-state index in [1.165, 1.54) is 23.3 Å². The summed E-state index contributed by atoms with van der Waals surface area (Å²) >= 11 is 0. The van der Waals surface area contributed by atoms with Crippen LogP contribution in [-0.4, -0.2) is 42.3 Å². The van der Waals surface area contributed by atoms with Gasteiger partial charge in [-0.05, 0) is 4.92 Å². The third kappa shape index (κ3) is 3.59. The van der Waals surface area contributed by atoms with Crippen molar-refractivity contribution >= 4 is 11.7 Å². The van der Waals surface area contributed by atoms with E-state index in [4.69, 9.17) is 0 Å². The number of rotatable bonds is 6. The van der Waals surface area contributed by atoms with Gasteiger partial charge in [-0.1, -0.05) is 0 Å². The van der Waals surface area contributed by atoms with Gasteiger partial charge >= 0.3 is 5.82 Å². The molecule has 0 saturated heterocycles. The molecule has 2 aromatic heterocycles. The van der Waals surface area contributed by atoms with Crippen molar-refractivity contribution < 1.29 is 9.72 Å². The van der Waals surface area contributed by atoms with Crippen molar-refractivity contribution in [1.29, 1.82) is 0 Å². The molecule has 2 aromatic rings. The van der Waals surface area contributed by atoms with Crippen LogP contribution in [0.3, 0.4) is 0 Å². The molecule has 10 nitrogen and oxygen atoms in total. The topological polar surface area (TPSA) is 132 Å². The lowest BCUT2D eigenvalue weighted by Crippen LogP contribution is -2.29. The monoisotopic (exact) mass is 265 g/mol. The Kier molecular flexibility index (Phi) is 3.81. The second-order valence-corrected chi connectivity index (χ2v) is 3.66. The number of nitro groups is 1. The molecule has 0 aromatic carbocycles. The number of carbonyl (C=O) groups excluding carboxylic acids is 1. The predicted molar refractivity (Wildman–Crippen MR) is 62.0 cm³/mol. The van der Waals surface area contributed by atoms with Gasteiger partial charge in [0.15, 0.2) is 0 Å². The smallest absolute Gasteiger partial charge is 0.358 e. The fraction of sp³-hybridized carbons (Fsp3) is 0.333. The summed E-state index contributed by atoms with van der Waals surface area (Å²) in [5.41, 5.74) is 0. The Hall–Kier alpha value is -2.78. The quantitative estimate of drug-likeness (QED) is 0.522. The first-order chi connectivity index (χ1) is 9.15. The molecule has 1 amide bonds. The summed E-state index contributed by atoms with van der Waals surface area (Å²) in [5.74, 6) is 0.113. The van der Waals surface area contributed by atoms with Gasteiger partial charge in [0.05, 0.1) is 17.4 Å². The van der Waals surface area contributed by atoms with Crippen LogP contribution in [0, 0.1) is 10.1 Å². The Bertz CT molecular complexity index is 562. The zero-order valence-electron chi connectivity index (χ0n) is 9.81. The minimum absolute atomic E-state index is 0.0652. The van der Waals surface area contributed by atoms with Crippen molar-refractivity contribution in [3.8, 4) is 0 Å². The minimum Gasteiger partial charge on any atom is -0.358 e. The third-order valence-corrected chi connectivity index (χ3v) is 2.27. The second-order valence-electron chi connectivity index (χ2n) is 3.66. The average Bonchev–Trinajstić information content (AvgIpc) is 3.00. The molecule has 2 heterocycles. The fourth-order valence-electron chi connectivity index (χ4n) is 1.41. The molecule has 10 heteroatoms. The molecule has 100 valence electrons. The van der Waals surface area contributed by atoms with Gasteiger partial charge in [-0.3, -0.25) is 9.89 Å². The Morgan fingerprint density at radius 2 is 2.42 bits per heavy atom. The average molecular weight is 265 g/mol. The Labute approximate surface area is 107 Å². The van der Waals surface area contributed by atoms with E-state index in [2.05, 4.69) is 25.6 Å². The van der Waals surface area contributed by atoms with Crippen LogP contribution in [0.15, 0.2) is 18.6 Å². The molecule has 2 rings (SSSR count). The lowest BCUT2D eigenvalue weighted by Gasteiger charge is -2.01. The lowest BCUT2D eigenvalue weighted by molar-refractivity contribution is -0.389. The van der Waals surface area contributed by atoms with Crippen molar-refractivity contribution in [2.45, 2.75) is 13.0 Å². The molecule has 0 aliphatic rings. The number of hydrogen-bond acceptors (Lipinski definition) is 6. The van der Waals surface area contributed by atoms with Gasteiger partial charge in [-0.25, -0.2) is 4.98 Å². The van der Waals surface area contributed by atoms with E-state index >= 15 is 0 Å². The van der Waals surface area contributed by atoms with Crippen LogP contribution in [0.1, 0.15) is 5.82 Å². The van der Waals surface area contributed by atoms with Gasteiger partial charge in [0.25, 0.3) is 0 Å². The lowest BCUT2D eigenvalue weighted by atomic mass is 10.4. The molecular formula is C9H11N7O3.